The van der Waals surface area contributed by atoms with Gasteiger partial charge in [0.1, 0.15) is 0 Å². The Balaban J connectivity index is 1.61. The summed E-state index contributed by atoms with van der Waals surface area (Å²) in [7, 11) is 0. The standard InChI is InChI=1S/C26H32N2O/c1-3-28(4-2)25(29)21-11-9-20(10-12-21)23-8-5-7-22-19-26(15-13-24(22)23)14-6-17-27-18-16-26/h5,7-13,15,27H,3-4,6,14,16-19H2,1-2H3. The molecule has 4 rings (SSSR count). The Bertz CT molecular complexity index is 885. The van der Waals surface area contributed by atoms with E-state index in [1.54, 1.807) is 0 Å². The van der Waals surface area contributed by atoms with Crippen LogP contribution in [0.15, 0.2) is 48.5 Å². The minimum atomic E-state index is 0.112. The maximum Gasteiger partial charge on any atom is 0.253 e. The van der Waals surface area contributed by atoms with Gasteiger partial charge in [0.2, 0.25) is 0 Å². The topological polar surface area (TPSA) is 32.3 Å². The third-order valence-electron chi connectivity index (χ3n) is 6.66. The van der Waals surface area contributed by atoms with Gasteiger partial charge < -0.3 is 10.2 Å². The lowest BCUT2D eigenvalue weighted by Gasteiger charge is -2.34. The highest BCUT2D eigenvalue weighted by Gasteiger charge is 2.32. The largest absolute Gasteiger partial charge is 0.339 e. The van der Waals surface area contributed by atoms with Gasteiger partial charge in [-0.15, -0.1) is 0 Å². The van der Waals surface area contributed by atoms with Gasteiger partial charge in [0, 0.05) is 18.7 Å². The van der Waals surface area contributed by atoms with E-state index < -0.39 is 0 Å². The molecule has 1 heterocycles. The molecular formula is C26H32N2O. The van der Waals surface area contributed by atoms with Crippen molar-refractivity contribution in [3.63, 3.8) is 0 Å². The number of hydrogen-bond acceptors (Lipinski definition) is 2. The van der Waals surface area contributed by atoms with Crippen LogP contribution in [0.25, 0.3) is 17.2 Å². The van der Waals surface area contributed by atoms with Crippen LogP contribution >= 0.6 is 0 Å². The average Bonchev–Trinajstić information content (AvgIpc) is 2.99. The molecule has 1 N–H and O–H groups in total. The van der Waals surface area contributed by atoms with Crippen molar-refractivity contribution in [1.29, 1.82) is 0 Å². The third-order valence-corrected chi connectivity index (χ3v) is 6.66. The first-order chi connectivity index (χ1) is 14.2. The second kappa shape index (κ2) is 8.54. The van der Waals surface area contributed by atoms with Crippen molar-refractivity contribution in [1.82, 2.24) is 10.2 Å². The Labute approximate surface area is 174 Å². The summed E-state index contributed by atoms with van der Waals surface area (Å²) in [5.41, 5.74) is 6.33. The van der Waals surface area contributed by atoms with Crippen LogP contribution in [0.1, 0.15) is 54.6 Å². The molecule has 1 saturated heterocycles. The summed E-state index contributed by atoms with van der Waals surface area (Å²) < 4.78 is 0. The number of allylic oxidation sites excluding steroid dienone is 1. The lowest BCUT2D eigenvalue weighted by Crippen LogP contribution is -2.30. The first kappa shape index (κ1) is 19.9. The summed E-state index contributed by atoms with van der Waals surface area (Å²) in [6.45, 7) is 7.78. The van der Waals surface area contributed by atoms with Gasteiger partial charge in [-0.05, 0) is 92.4 Å². The molecule has 2 aromatic carbocycles. The fraction of sp³-hybridized carbons (Fsp3) is 0.423. The molecule has 1 atom stereocenters. The van der Waals surface area contributed by atoms with Crippen LogP contribution in [-0.4, -0.2) is 37.0 Å². The molecule has 1 spiro atoms. The number of benzene rings is 2. The highest BCUT2D eigenvalue weighted by atomic mass is 16.2. The molecule has 0 aromatic heterocycles. The highest BCUT2D eigenvalue weighted by Crippen LogP contribution is 2.42. The Morgan fingerprint density at radius 1 is 1.03 bits per heavy atom. The molecule has 2 aliphatic rings. The van der Waals surface area contributed by atoms with Crippen LogP contribution in [0.3, 0.4) is 0 Å². The van der Waals surface area contributed by atoms with Gasteiger partial charge in [0.15, 0.2) is 0 Å². The predicted octanol–water partition coefficient (Wildman–Crippen LogP) is 5.16. The number of amides is 1. The number of fused-ring (bicyclic) bond motifs is 1. The Hall–Kier alpha value is -2.39. The third kappa shape index (κ3) is 4.02. The van der Waals surface area contributed by atoms with Gasteiger partial charge in [-0.1, -0.05) is 42.5 Å². The van der Waals surface area contributed by atoms with Gasteiger partial charge in [-0.25, -0.2) is 0 Å². The van der Waals surface area contributed by atoms with Gasteiger partial charge in [0.25, 0.3) is 5.91 Å². The van der Waals surface area contributed by atoms with Crippen molar-refractivity contribution >= 4 is 12.0 Å². The molecule has 1 unspecified atom stereocenters. The normalized spacial score (nSPS) is 20.9. The minimum Gasteiger partial charge on any atom is -0.339 e. The highest BCUT2D eigenvalue weighted by molar-refractivity contribution is 5.95. The van der Waals surface area contributed by atoms with E-state index in [9.17, 15) is 4.79 Å². The number of rotatable bonds is 4. The fourth-order valence-corrected chi connectivity index (χ4v) is 4.90. The van der Waals surface area contributed by atoms with E-state index in [0.29, 0.717) is 5.41 Å². The van der Waals surface area contributed by atoms with E-state index in [4.69, 9.17) is 0 Å². The number of nitrogens with one attached hydrogen (secondary N) is 1. The maximum atomic E-state index is 12.6. The van der Waals surface area contributed by atoms with Crippen molar-refractivity contribution in [2.24, 2.45) is 5.41 Å². The van der Waals surface area contributed by atoms with E-state index in [2.05, 4.69) is 47.8 Å². The van der Waals surface area contributed by atoms with Crippen molar-refractivity contribution < 1.29 is 4.79 Å². The first-order valence-electron chi connectivity index (χ1n) is 11.1. The predicted molar refractivity (Wildman–Crippen MR) is 121 cm³/mol. The van der Waals surface area contributed by atoms with Crippen LogP contribution in [-0.2, 0) is 6.42 Å². The van der Waals surface area contributed by atoms with E-state index in [0.717, 1.165) is 38.2 Å². The van der Waals surface area contributed by atoms with Crippen LogP contribution < -0.4 is 5.32 Å². The zero-order chi connectivity index (χ0) is 20.3. The molecule has 152 valence electrons. The van der Waals surface area contributed by atoms with Gasteiger partial charge in [-0.3, -0.25) is 4.79 Å². The average molecular weight is 389 g/mol. The maximum absolute atomic E-state index is 12.6. The Morgan fingerprint density at radius 2 is 1.83 bits per heavy atom. The summed E-state index contributed by atoms with van der Waals surface area (Å²) in [6.07, 6.45) is 9.70. The number of nitrogens with zero attached hydrogens (tertiary/aromatic N) is 1. The second-order valence-electron chi connectivity index (χ2n) is 8.41. The Morgan fingerprint density at radius 3 is 2.59 bits per heavy atom. The molecule has 1 aliphatic heterocycles. The van der Waals surface area contributed by atoms with E-state index >= 15 is 0 Å². The lowest BCUT2D eigenvalue weighted by atomic mass is 9.71. The van der Waals surface area contributed by atoms with Crippen molar-refractivity contribution in [3.8, 4) is 11.1 Å². The lowest BCUT2D eigenvalue weighted by molar-refractivity contribution is 0.0773. The van der Waals surface area contributed by atoms with E-state index in [1.807, 2.05) is 30.9 Å². The van der Waals surface area contributed by atoms with Crippen molar-refractivity contribution in [3.05, 3.63) is 65.2 Å². The number of carbonyl (C=O) groups is 1. The second-order valence-corrected chi connectivity index (χ2v) is 8.41. The summed E-state index contributed by atoms with van der Waals surface area (Å²) in [4.78, 5) is 14.5. The smallest absolute Gasteiger partial charge is 0.253 e. The molecular weight excluding hydrogens is 356 g/mol. The van der Waals surface area contributed by atoms with Crippen LogP contribution in [0, 0.1) is 5.41 Å². The quantitative estimate of drug-likeness (QED) is 0.784. The molecule has 3 nitrogen and oxygen atoms in total. The Kier molecular flexibility index (Phi) is 5.86. The summed E-state index contributed by atoms with van der Waals surface area (Å²) in [5.74, 6) is 0.112. The summed E-state index contributed by atoms with van der Waals surface area (Å²) in [6, 6.07) is 14.8. The molecule has 1 fully saturated rings. The summed E-state index contributed by atoms with van der Waals surface area (Å²) in [5, 5.41) is 3.55. The first-order valence-corrected chi connectivity index (χ1v) is 11.1. The molecule has 3 heteroatoms. The van der Waals surface area contributed by atoms with Crippen molar-refractivity contribution in [2.45, 2.75) is 39.5 Å². The number of hydrogen-bond donors (Lipinski definition) is 1. The van der Waals surface area contributed by atoms with Crippen LogP contribution in [0.4, 0.5) is 0 Å². The minimum absolute atomic E-state index is 0.112. The van der Waals surface area contributed by atoms with Crippen molar-refractivity contribution in [2.75, 3.05) is 26.2 Å². The molecule has 0 saturated carbocycles. The monoisotopic (exact) mass is 388 g/mol. The molecule has 0 radical (unpaired) electrons. The van der Waals surface area contributed by atoms with Gasteiger partial charge in [-0.2, -0.15) is 0 Å². The summed E-state index contributed by atoms with van der Waals surface area (Å²) >= 11 is 0. The fourth-order valence-electron chi connectivity index (χ4n) is 4.90. The van der Waals surface area contributed by atoms with Crippen LogP contribution in [0.5, 0.6) is 0 Å². The van der Waals surface area contributed by atoms with E-state index in [-0.39, 0.29) is 5.91 Å². The van der Waals surface area contributed by atoms with Gasteiger partial charge in [0.05, 0.1) is 0 Å². The molecule has 1 aliphatic carbocycles. The molecule has 1 amide bonds. The zero-order valence-corrected chi connectivity index (χ0v) is 17.7. The molecule has 2 aromatic rings. The van der Waals surface area contributed by atoms with E-state index in [1.165, 1.54) is 41.5 Å². The van der Waals surface area contributed by atoms with Crippen LogP contribution in [0.2, 0.25) is 0 Å². The SMILES string of the molecule is CCN(CC)C(=O)c1ccc(-c2cccc3c2C=CC2(CCCNCC2)C3)cc1. The molecule has 0 bridgehead atoms. The zero-order valence-electron chi connectivity index (χ0n) is 17.7. The number of carbonyl (C=O) groups excluding carboxylic acids is 1. The van der Waals surface area contributed by atoms with Gasteiger partial charge >= 0.3 is 0 Å². The molecule has 29 heavy (non-hydrogen) atoms.